The molecule has 0 aromatic carbocycles. The van der Waals surface area contributed by atoms with Crippen molar-refractivity contribution in [1.29, 1.82) is 0 Å². The first-order valence-corrected chi connectivity index (χ1v) is 3.05. The fraction of sp³-hybridized carbons (Fsp3) is 0.857. The maximum Gasteiger partial charge on any atom is 0.0273 e. The highest BCUT2D eigenvalue weighted by atomic mass is 14.6. The van der Waals surface area contributed by atoms with Crippen molar-refractivity contribution in [2.24, 2.45) is 10.4 Å². The van der Waals surface area contributed by atoms with E-state index < -0.39 is 0 Å². The molecule has 0 aliphatic heterocycles. The van der Waals surface area contributed by atoms with E-state index in [1.165, 1.54) is 0 Å². The van der Waals surface area contributed by atoms with E-state index in [0.29, 0.717) is 5.41 Å². The van der Waals surface area contributed by atoms with Crippen LogP contribution in [0.4, 0.5) is 0 Å². The van der Waals surface area contributed by atoms with Gasteiger partial charge in [-0.3, -0.25) is 0 Å². The molecule has 0 aromatic rings. The SMILES string of the molecule is CCC(C)(C)/C=N/C. The van der Waals surface area contributed by atoms with Crippen molar-refractivity contribution in [3.63, 3.8) is 0 Å². The first-order chi connectivity index (χ1) is 3.62. The molecule has 0 radical (unpaired) electrons. The zero-order chi connectivity index (χ0) is 6.62. The van der Waals surface area contributed by atoms with Crippen molar-refractivity contribution in [3.8, 4) is 0 Å². The molecule has 8 heavy (non-hydrogen) atoms. The van der Waals surface area contributed by atoms with Crippen LogP contribution in [0.2, 0.25) is 0 Å². The van der Waals surface area contributed by atoms with Gasteiger partial charge in [0.15, 0.2) is 0 Å². The van der Waals surface area contributed by atoms with Crippen LogP contribution in [0, 0.1) is 5.41 Å². The Morgan fingerprint density at radius 2 is 2.00 bits per heavy atom. The van der Waals surface area contributed by atoms with Crippen LogP contribution in [0.1, 0.15) is 27.2 Å². The first kappa shape index (κ1) is 7.67. The van der Waals surface area contributed by atoms with Gasteiger partial charge in [-0.2, -0.15) is 0 Å². The largest absolute Gasteiger partial charge is 0.300 e. The van der Waals surface area contributed by atoms with Crippen molar-refractivity contribution in [2.45, 2.75) is 27.2 Å². The van der Waals surface area contributed by atoms with Crippen molar-refractivity contribution < 1.29 is 0 Å². The third kappa shape index (κ3) is 2.78. The van der Waals surface area contributed by atoms with Crippen LogP contribution in [0.25, 0.3) is 0 Å². The zero-order valence-corrected chi connectivity index (χ0v) is 6.23. The number of hydrogen-bond donors (Lipinski definition) is 0. The fourth-order valence-electron chi connectivity index (χ4n) is 0.441. The van der Waals surface area contributed by atoms with Gasteiger partial charge in [0.05, 0.1) is 0 Å². The lowest BCUT2D eigenvalue weighted by molar-refractivity contribution is 0.515. The highest BCUT2D eigenvalue weighted by molar-refractivity contribution is 5.64. The maximum absolute atomic E-state index is 3.95. The van der Waals surface area contributed by atoms with E-state index in [2.05, 4.69) is 25.8 Å². The summed E-state index contributed by atoms with van der Waals surface area (Å²) in [5.74, 6) is 0. The number of hydrogen-bond acceptors (Lipinski definition) is 1. The van der Waals surface area contributed by atoms with E-state index in [9.17, 15) is 0 Å². The molecule has 1 nitrogen and oxygen atoms in total. The van der Waals surface area contributed by atoms with Crippen molar-refractivity contribution >= 4 is 6.21 Å². The highest BCUT2D eigenvalue weighted by Crippen LogP contribution is 2.15. The Balaban J connectivity index is 3.71. The Kier molecular flexibility index (Phi) is 2.74. The third-order valence-electron chi connectivity index (χ3n) is 1.39. The molecule has 0 unspecified atom stereocenters. The summed E-state index contributed by atoms with van der Waals surface area (Å²) in [6, 6.07) is 0. The van der Waals surface area contributed by atoms with Crippen molar-refractivity contribution in [3.05, 3.63) is 0 Å². The molecule has 48 valence electrons. The average molecular weight is 113 g/mol. The Hall–Kier alpha value is -0.330. The molecular formula is C7H15N. The molecule has 0 fully saturated rings. The van der Waals surface area contributed by atoms with Crippen LogP contribution in [0.3, 0.4) is 0 Å². The second-order valence-electron chi connectivity index (χ2n) is 2.73. The summed E-state index contributed by atoms with van der Waals surface area (Å²) in [4.78, 5) is 3.95. The van der Waals surface area contributed by atoms with Crippen LogP contribution in [0.15, 0.2) is 4.99 Å². The topological polar surface area (TPSA) is 12.4 Å². The molecule has 0 rings (SSSR count). The van der Waals surface area contributed by atoms with Crippen LogP contribution in [-0.4, -0.2) is 13.3 Å². The molecule has 0 amide bonds. The summed E-state index contributed by atoms with van der Waals surface area (Å²) in [6.45, 7) is 6.53. The van der Waals surface area contributed by atoms with Gasteiger partial charge in [-0.1, -0.05) is 20.8 Å². The van der Waals surface area contributed by atoms with E-state index in [4.69, 9.17) is 0 Å². The second kappa shape index (κ2) is 2.85. The normalized spacial score (nSPS) is 13.0. The summed E-state index contributed by atoms with van der Waals surface area (Å²) >= 11 is 0. The Morgan fingerprint density at radius 1 is 1.50 bits per heavy atom. The molecule has 0 heterocycles. The molecule has 0 saturated carbocycles. The molecule has 0 aromatic heterocycles. The van der Waals surface area contributed by atoms with Gasteiger partial charge in [0, 0.05) is 13.3 Å². The minimum atomic E-state index is 0.300. The van der Waals surface area contributed by atoms with Crippen LogP contribution < -0.4 is 0 Å². The Bertz CT molecular complexity index is 82.4. The first-order valence-electron chi connectivity index (χ1n) is 3.05. The van der Waals surface area contributed by atoms with Crippen molar-refractivity contribution in [1.82, 2.24) is 0 Å². The summed E-state index contributed by atoms with van der Waals surface area (Å²) in [7, 11) is 1.82. The van der Waals surface area contributed by atoms with E-state index in [1.807, 2.05) is 13.3 Å². The van der Waals surface area contributed by atoms with E-state index in [1.54, 1.807) is 0 Å². The van der Waals surface area contributed by atoms with Gasteiger partial charge >= 0.3 is 0 Å². The van der Waals surface area contributed by atoms with Gasteiger partial charge in [-0.05, 0) is 11.8 Å². The highest BCUT2D eigenvalue weighted by Gasteiger charge is 2.09. The molecular weight excluding hydrogens is 98.1 g/mol. The predicted molar refractivity (Wildman–Crippen MR) is 38.5 cm³/mol. The summed E-state index contributed by atoms with van der Waals surface area (Å²) in [5, 5.41) is 0. The van der Waals surface area contributed by atoms with Crippen molar-refractivity contribution in [2.75, 3.05) is 7.05 Å². The fourth-order valence-corrected chi connectivity index (χ4v) is 0.441. The van der Waals surface area contributed by atoms with E-state index >= 15 is 0 Å². The number of nitrogens with zero attached hydrogens (tertiary/aromatic N) is 1. The monoisotopic (exact) mass is 113 g/mol. The van der Waals surface area contributed by atoms with Gasteiger partial charge in [0.25, 0.3) is 0 Å². The summed E-state index contributed by atoms with van der Waals surface area (Å²) in [6.07, 6.45) is 3.15. The summed E-state index contributed by atoms with van der Waals surface area (Å²) in [5.41, 5.74) is 0.300. The standard InChI is InChI=1S/C7H15N/c1-5-7(2,3)6-8-4/h6H,5H2,1-4H3/b8-6+. The van der Waals surface area contributed by atoms with Gasteiger partial charge < -0.3 is 4.99 Å². The molecule has 0 spiro atoms. The van der Waals surface area contributed by atoms with Crippen LogP contribution >= 0.6 is 0 Å². The summed E-state index contributed by atoms with van der Waals surface area (Å²) < 4.78 is 0. The predicted octanol–water partition coefficient (Wildman–Crippen LogP) is 2.12. The molecule has 0 aliphatic carbocycles. The Labute approximate surface area is 51.8 Å². The van der Waals surface area contributed by atoms with Crippen LogP contribution in [0.5, 0.6) is 0 Å². The second-order valence-corrected chi connectivity index (χ2v) is 2.73. The van der Waals surface area contributed by atoms with E-state index in [0.717, 1.165) is 6.42 Å². The lowest BCUT2D eigenvalue weighted by Gasteiger charge is -2.14. The van der Waals surface area contributed by atoms with Gasteiger partial charge in [-0.15, -0.1) is 0 Å². The van der Waals surface area contributed by atoms with E-state index in [-0.39, 0.29) is 0 Å². The Morgan fingerprint density at radius 3 is 2.12 bits per heavy atom. The number of rotatable bonds is 2. The quantitative estimate of drug-likeness (QED) is 0.486. The smallest absolute Gasteiger partial charge is 0.0273 e. The van der Waals surface area contributed by atoms with Gasteiger partial charge in [0.1, 0.15) is 0 Å². The number of aliphatic imine (C=N–C) groups is 1. The zero-order valence-electron chi connectivity index (χ0n) is 6.23. The molecule has 0 saturated heterocycles. The maximum atomic E-state index is 3.95. The third-order valence-corrected chi connectivity index (χ3v) is 1.39. The lowest BCUT2D eigenvalue weighted by atomic mass is 9.92. The molecule has 0 bridgehead atoms. The molecule has 0 aliphatic rings. The van der Waals surface area contributed by atoms with Gasteiger partial charge in [-0.25, -0.2) is 0 Å². The lowest BCUT2D eigenvalue weighted by Crippen LogP contribution is -2.10. The molecule has 0 N–H and O–H groups in total. The molecule has 1 heteroatoms. The minimum Gasteiger partial charge on any atom is -0.300 e. The van der Waals surface area contributed by atoms with Crippen LogP contribution in [-0.2, 0) is 0 Å². The van der Waals surface area contributed by atoms with Gasteiger partial charge in [0.2, 0.25) is 0 Å². The molecule has 0 atom stereocenters. The minimum absolute atomic E-state index is 0.300. The average Bonchev–Trinajstić information content (AvgIpc) is 1.67.